The Morgan fingerprint density at radius 3 is 2.78 bits per heavy atom. The molecule has 2 aromatic carbocycles. The van der Waals surface area contributed by atoms with Crippen LogP contribution in [-0.4, -0.2) is 23.8 Å². The van der Waals surface area contributed by atoms with E-state index in [0.29, 0.717) is 32.9 Å². The number of aromatic amines is 1. The summed E-state index contributed by atoms with van der Waals surface area (Å²) in [5.74, 6) is -0.743. The Kier molecular flexibility index (Phi) is 4.04. The number of ether oxygens (including phenoxy) is 1. The van der Waals surface area contributed by atoms with Gasteiger partial charge in [0, 0.05) is 33.9 Å². The van der Waals surface area contributed by atoms with Gasteiger partial charge in [-0.25, -0.2) is 0 Å². The van der Waals surface area contributed by atoms with Crippen molar-refractivity contribution in [1.29, 1.82) is 0 Å². The number of methoxy groups -OCH3 is 1. The zero-order chi connectivity index (χ0) is 16.4. The van der Waals surface area contributed by atoms with Crippen LogP contribution in [0.3, 0.4) is 0 Å². The summed E-state index contributed by atoms with van der Waals surface area (Å²) in [4.78, 5) is 27.5. The first kappa shape index (κ1) is 15.1. The fraction of sp³-hybridized carbons (Fsp3) is 0.0588. The van der Waals surface area contributed by atoms with Crippen molar-refractivity contribution in [2.45, 2.75) is 0 Å². The molecule has 3 rings (SSSR count). The van der Waals surface area contributed by atoms with E-state index >= 15 is 0 Å². The molecule has 0 saturated carbocycles. The summed E-state index contributed by atoms with van der Waals surface area (Å²) >= 11 is 5.91. The van der Waals surface area contributed by atoms with Gasteiger partial charge < -0.3 is 15.0 Å². The summed E-state index contributed by atoms with van der Waals surface area (Å²) in [5, 5.41) is 3.78. The second-order valence-corrected chi connectivity index (χ2v) is 5.34. The lowest BCUT2D eigenvalue weighted by Crippen LogP contribution is -2.22. The highest BCUT2D eigenvalue weighted by molar-refractivity contribution is 6.48. The van der Waals surface area contributed by atoms with Gasteiger partial charge in [0.25, 0.3) is 11.7 Å². The van der Waals surface area contributed by atoms with Crippen LogP contribution in [0.1, 0.15) is 10.4 Å². The van der Waals surface area contributed by atoms with Crippen molar-refractivity contribution in [2.75, 3.05) is 12.4 Å². The Labute approximate surface area is 137 Å². The summed E-state index contributed by atoms with van der Waals surface area (Å²) < 4.78 is 5.08. The first-order valence-corrected chi connectivity index (χ1v) is 7.22. The molecule has 1 amide bonds. The minimum Gasteiger partial charge on any atom is -0.497 e. The van der Waals surface area contributed by atoms with E-state index in [1.165, 1.54) is 13.3 Å². The van der Waals surface area contributed by atoms with Gasteiger partial charge >= 0.3 is 0 Å². The molecule has 0 radical (unpaired) electrons. The highest BCUT2D eigenvalue weighted by atomic mass is 35.5. The molecule has 0 spiro atoms. The maximum atomic E-state index is 12.4. The molecule has 6 heteroatoms. The van der Waals surface area contributed by atoms with Gasteiger partial charge in [0.2, 0.25) is 0 Å². The third kappa shape index (κ3) is 3.05. The lowest BCUT2D eigenvalue weighted by molar-refractivity contribution is -0.112. The smallest absolute Gasteiger partial charge is 0.296 e. The maximum absolute atomic E-state index is 12.4. The number of nitrogens with one attached hydrogen (secondary N) is 2. The van der Waals surface area contributed by atoms with Crippen LogP contribution in [0.15, 0.2) is 48.7 Å². The van der Waals surface area contributed by atoms with Gasteiger partial charge in [0.1, 0.15) is 5.75 Å². The zero-order valence-electron chi connectivity index (χ0n) is 12.2. The minimum absolute atomic E-state index is 0.303. The van der Waals surface area contributed by atoms with Crippen molar-refractivity contribution in [1.82, 2.24) is 4.98 Å². The van der Waals surface area contributed by atoms with Crippen LogP contribution < -0.4 is 10.1 Å². The van der Waals surface area contributed by atoms with Crippen LogP contribution in [0.2, 0.25) is 5.02 Å². The number of anilines is 1. The average Bonchev–Trinajstić information content (AvgIpc) is 2.97. The monoisotopic (exact) mass is 328 g/mol. The van der Waals surface area contributed by atoms with E-state index in [1.54, 1.807) is 42.5 Å². The number of aromatic nitrogens is 1. The normalized spacial score (nSPS) is 10.5. The van der Waals surface area contributed by atoms with E-state index in [2.05, 4.69) is 10.3 Å². The van der Waals surface area contributed by atoms with Crippen molar-refractivity contribution < 1.29 is 14.3 Å². The molecule has 0 bridgehead atoms. The molecule has 0 saturated heterocycles. The molecule has 3 aromatic rings. The van der Waals surface area contributed by atoms with Gasteiger partial charge in [0.05, 0.1) is 12.7 Å². The lowest BCUT2D eigenvalue weighted by atomic mass is 10.1. The molecule has 116 valence electrons. The summed E-state index contributed by atoms with van der Waals surface area (Å²) in [6.45, 7) is 0. The summed E-state index contributed by atoms with van der Waals surface area (Å²) in [5.41, 5.74) is 1.50. The van der Waals surface area contributed by atoms with Crippen molar-refractivity contribution >= 4 is 39.9 Å². The number of carbonyl (C=O) groups is 2. The molecular formula is C17H13ClN2O3. The molecule has 0 fully saturated rings. The van der Waals surface area contributed by atoms with Crippen LogP contribution in [0.25, 0.3) is 10.9 Å². The highest BCUT2D eigenvalue weighted by Crippen LogP contribution is 2.23. The molecular weight excluding hydrogens is 316 g/mol. The van der Waals surface area contributed by atoms with Gasteiger partial charge in [-0.3, -0.25) is 9.59 Å². The third-order valence-corrected chi connectivity index (χ3v) is 3.66. The Morgan fingerprint density at radius 2 is 2.00 bits per heavy atom. The van der Waals surface area contributed by atoms with E-state index in [9.17, 15) is 9.59 Å². The summed E-state index contributed by atoms with van der Waals surface area (Å²) in [6, 6.07) is 11.9. The van der Waals surface area contributed by atoms with Crippen LogP contribution in [-0.2, 0) is 4.79 Å². The van der Waals surface area contributed by atoms with Crippen molar-refractivity contribution in [3.63, 3.8) is 0 Å². The van der Waals surface area contributed by atoms with E-state index in [1.807, 2.05) is 0 Å². The number of hydrogen-bond donors (Lipinski definition) is 2. The fourth-order valence-corrected chi connectivity index (χ4v) is 2.47. The van der Waals surface area contributed by atoms with Gasteiger partial charge in [-0.2, -0.15) is 0 Å². The average molecular weight is 329 g/mol. The number of benzene rings is 2. The predicted molar refractivity (Wildman–Crippen MR) is 89.3 cm³/mol. The van der Waals surface area contributed by atoms with Gasteiger partial charge in [-0.05, 0) is 24.3 Å². The lowest BCUT2D eigenvalue weighted by Gasteiger charge is -2.06. The van der Waals surface area contributed by atoms with Crippen LogP contribution >= 0.6 is 11.6 Å². The van der Waals surface area contributed by atoms with E-state index < -0.39 is 11.7 Å². The van der Waals surface area contributed by atoms with Crippen LogP contribution in [0.4, 0.5) is 5.69 Å². The second kappa shape index (κ2) is 6.14. The molecule has 1 heterocycles. The Morgan fingerprint density at radius 1 is 1.17 bits per heavy atom. The largest absolute Gasteiger partial charge is 0.497 e. The van der Waals surface area contributed by atoms with E-state index in [0.717, 1.165) is 0 Å². The predicted octanol–water partition coefficient (Wildman–Crippen LogP) is 3.65. The second-order valence-electron chi connectivity index (χ2n) is 4.91. The fourth-order valence-electron chi connectivity index (χ4n) is 2.30. The molecule has 0 atom stereocenters. The topological polar surface area (TPSA) is 71.2 Å². The summed E-state index contributed by atoms with van der Waals surface area (Å²) in [6.07, 6.45) is 1.51. The van der Waals surface area contributed by atoms with Crippen molar-refractivity contribution in [3.05, 3.63) is 59.2 Å². The number of carbonyl (C=O) groups excluding carboxylic acids is 2. The highest BCUT2D eigenvalue weighted by Gasteiger charge is 2.20. The molecule has 2 N–H and O–H groups in total. The number of Topliss-reactive ketones (excluding diaryl/α,β-unsaturated/α-hetero) is 1. The number of fused-ring (bicyclic) bond motifs is 1. The Hall–Kier alpha value is -2.79. The molecule has 0 aliphatic heterocycles. The first-order chi connectivity index (χ1) is 11.1. The number of H-pyrrole nitrogens is 1. The van der Waals surface area contributed by atoms with E-state index in [4.69, 9.17) is 16.3 Å². The number of ketones is 1. The molecule has 0 unspecified atom stereocenters. The minimum atomic E-state index is -0.714. The molecule has 0 aliphatic rings. The van der Waals surface area contributed by atoms with Crippen LogP contribution in [0.5, 0.6) is 5.75 Å². The molecule has 0 aliphatic carbocycles. The van der Waals surface area contributed by atoms with Gasteiger partial charge in [-0.15, -0.1) is 0 Å². The maximum Gasteiger partial charge on any atom is 0.296 e. The van der Waals surface area contributed by atoms with Gasteiger partial charge in [0.15, 0.2) is 0 Å². The number of amides is 1. The molecule has 1 aromatic heterocycles. The molecule has 5 nitrogen and oxygen atoms in total. The number of rotatable bonds is 4. The van der Waals surface area contributed by atoms with Gasteiger partial charge in [-0.1, -0.05) is 23.7 Å². The number of halogens is 1. The van der Waals surface area contributed by atoms with E-state index in [-0.39, 0.29) is 0 Å². The quantitative estimate of drug-likeness (QED) is 0.567. The zero-order valence-corrected chi connectivity index (χ0v) is 13.0. The van der Waals surface area contributed by atoms with Crippen LogP contribution in [0, 0.1) is 0 Å². The Bertz CT molecular complexity index is 902. The Balaban J connectivity index is 1.85. The van der Waals surface area contributed by atoms with Crippen molar-refractivity contribution in [2.24, 2.45) is 0 Å². The standard InChI is InChI=1S/C17H13ClN2O3/c1-23-12-4-2-3-11(8-12)20-17(22)16(21)14-9-19-15-7-10(18)5-6-13(14)15/h2-9,19H,1H3,(H,20,22). The number of hydrogen-bond acceptors (Lipinski definition) is 3. The third-order valence-electron chi connectivity index (χ3n) is 3.42. The summed E-state index contributed by atoms with van der Waals surface area (Å²) in [7, 11) is 1.53. The van der Waals surface area contributed by atoms with Crippen molar-refractivity contribution in [3.8, 4) is 5.75 Å². The molecule has 23 heavy (non-hydrogen) atoms. The SMILES string of the molecule is COc1cccc(NC(=O)C(=O)c2c[nH]c3cc(Cl)ccc23)c1. The first-order valence-electron chi connectivity index (χ1n) is 6.85.